The van der Waals surface area contributed by atoms with E-state index in [2.05, 4.69) is 39.8 Å². The van der Waals surface area contributed by atoms with E-state index in [0.717, 1.165) is 23.6 Å². The van der Waals surface area contributed by atoms with E-state index in [4.69, 9.17) is 11.6 Å². The molecule has 11 heteroatoms. The van der Waals surface area contributed by atoms with Crippen LogP contribution >= 0.6 is 11.6 Å². The number of carbonyl (C=O) groups is 1. The summed E-state index contributed by atoms with van der Waals surface area (Å²) in [6.07, 6.45) is 3.45. The largest absolute Gasteiger partial charge is 0.335 e. The summed E-state index contributed by atoms with van der Waals surface area (Å²) in [6.45, 7) is 4.15. The smallest absolute Gasteiger partial charge is 0.229 e. The van der Waals surface area contributed by atoms with Crippen molar-refractivity contribution in [2.24, 2.45) is 0 Å². The fraction of sp³-hybridized carbons (Fsp3) is 0.261. The third-order valence-electron chi connectivity index (χ3n) is 5.62. The molecule has 0 bridgehead atoms. The second-order valence-electron chi connectivity index (χ2n) is 8.72. The number of carbonyl (C=O) groups excluding carboxylic acids is 1. The molecule has 1 aromatic heterocycles. The van der Waals surface area contributed by atoms with Crippen molar-refractivity contribution in [1.29, 1.82) is 0 Å². The number of amides is 1. The Hall–Kier alpha value is -3.24. The summed E-state index contributed by atoms with van der Waals surface area (Å²) < 4.78 is 38.7. The molecule has 8 nitrogen and oxygen atoms in total. The van der Waals surface area contributed by atoms with Crippen molar-refractivity contribution in [3.8, 4) is 0 Å². The zero-order valence-corrected chi connectivity index (χ0v) is 20.3. The highest BCUT2D eigenvalue weighted by Gasteiger charge is 2.29. The first kappa shape index (κ1) is 23.9. The van der Waals surface area contributed by atoms with Crippen LogP contribution in [-0.2, 0) is 20.0 Å². The highest BCUT2D eigenvalue weighted by molar-refractivity contribution is 7.90. The Bertz CT molecular complexity index is 1400. The van der Waals surface area contributed by atoms with Gasteiger partial charge in [0, 0.05) is 24.1 Å². The topological polar surface area (TPSA) is 113 Å². The van der Waals surface area contributed by atoms with E-state index in [1.165, 1.54) is 18.3 Å². The van der Waals surface area contributed by atoms with Crippen LogP contribution in [0.4, 0.5) is 33.2 Å². The standard InChI is InChI=1S/C23H23ClFN5O3S/c1-23(2)10-9-19(31)28-17-8-7-13(11-14(17)23)27-22-26-12-15(24)21(30-22)29-20-16(25)5-4-6-18(20)34(3,32)33/h4-8,11-12H,9-10H2,1-3H3,(H,28,31)(H2,26,27,29,30). The minimum Gasteiger partial charge on any atom is -0.335 e. The number of anilines is 5. The average Bonchev–Trinajstić information content (AvgIpc) is 2.87. The summed E-state index contributed by atoms with van der Waals surface area (Å²) in [5.41, 5.74) is 1.93. The Morgan fingerprint density at radius 2 is 1.94 bits per heavy atom. The van der Waals surface area contributed by atoms with Crippen LogP contribution in [0.25, 0.3) is 0 Å². The fourth-order valence-corrected chi connectivity index (χ4v) is 4.74. The van der Waals surface area contributed by atoms with Gasteiger partial charge in [0.1, 0.15) is 10.8 Å². The van der Waals surface area contributed by atoms with Crippen molar-refractivity contribution in [3.63, 3.8) is 0 Å². The molecule has 0 unspecified atom stereocenters. The van der Waals surface area contributed by atoms with Crippen molar-refractivity contribution in [3.05, 3.63) is 59.0 Å². The van der Waals surface area contributed by atoms with E-state index < -0.39 is 15.7 Å². The Labute approximate surface area is 201 Å². The maximum Gasteiger partial charge on any atom is 0.229 e. The van der Waals surface area contributed by atoms with Gasteiger partial charge < -0.3 is 16.0 Å². The van der Waals surface area contributed by atoms with Gasteiger partial charge in [-0.15, -0.1) is 0 Å². The summed E-state index contributed by atoms with van der Waals surface area (Å²) >= 11 is 6.20. The average molecular weight is 504 g/mol. The molecule has 0 aliphatic carbocycles. The number of benzene rings is 2. The molecule has 1 aliphatic heterocycles. The first-order valence-corrected chi connectivity index (χ1v) is 12.7. The lowest BCUT2D eigenvalue weighted by Gasteiger charge is -2.25. The van der Waals surface area contributed by atoms with E-state index in [9.17, 15) is 17.6 Å². The second-order valence-corrected chi connectivity index (χ2v) is 11.1. The van der Waals surface area contributed by atoms with Crippen LogP contribution in [0, 0.1) is 5.82 Å². The number of aromatic nitrogens is 2. The van der Waals surface area contributed by atoms with E-state index in [0.29, 0.717) is 18.5 Å². The molecule has 0 radical (unpaired) electrons. The molecular weight excluding hydrogens is 481 g/mol. The number of para-hydroxylation sites is 1. The van der Waals surface area contributed by atoms with Crippen LogP contribution in [0.15, 0.2) is 47.5 Å². The van der Waals surface area contributed by atoms with Crippen molar-refractivity contribution in [2.75, 3.05) is 22.2 Å². The molecule has 1 amide bonds. The normalized spacial score (nSPS) is 15.1. The predicted octanol–water partition coefficient (Wildman–Crippen LogP) is 5.17. The van der Waals surface area contributed by atoms with E-state index in [1.54, 1.807) is 6.07 Å². The van der Waals surface area contributed by atoms with Crippen molar-refractivity contribution >= 4 is 56.2 Å². The SMILES string of the molecule is CC1(C)CCC(=O)Nc2ccc(Nc3ncc(Cl)c(Nc4c(F)cccc4S(C)(=O)=O)n3)cc21. The molecule has 34 heavy (non-hydrogen) atoms. The minimum absolute atomic E-state index is 0.0223. The maximum atomic E-state index is 14.5. The van der Waals surface area contributed by atoms with E-state index in [-0.39, 0.29) is 38.7 Å². The van der Waals surface area contributed by atoms with Gasteiger partial charge in [-0.25, -0.2) is 17.8 Å². The number of hydrogen-bond acceptors (Lipinski definition) is 7. The molecule has 0 atom stereocenters. The first-order chi connectivity index (χ1) is 15.9. The van der Waals surface area contributed by atoms with Crippen LogP contribution in [0.1, 0.15) is 32.3 Å². The van der Waals surface area contributed by atoms with Gasteiger partial charge in [0.2, 0.25) is 11.9 Å². The molecule has 3 aromatic rings. The third-order valence-corrected chi connectivity index (χ3v) is 7.03. The molecule has 0 fully saturated rings. The summed E-state index contributed by atoms with van der Waals surface area (Å²) in [5.74, 6) is -0.580. The Kier molecular flexibility index (Phi) is 6.22. The predicted molar refractivity (Wildman–Crippen MR) is 130 cm³/mol. The van der Waals surface area contributed by atoms with Crippen LogP contribution < -0.4 is 16.0 Å². The summed E-state index contributed by atoms with van der Waals surface area (Å²) in [4.78, 5) is 20.3. The molecular formula is C23H23ClFN5O3S. The van der Waals surface area contributed by atoms with Gasteiger partial charge in [-0.2, -0.15) is 4.98 Å². The molecule has 2 heterocycles. The molecule has 3 N–H and O–H groups in total. The lowest BCUT2D eigenvalue weighted by Crippen LogP contribution is -2.16. The molecule has 4 rings (SSSR count). The van der Waals surface area contributed by atoms with Gasteiger partial charge in [0.05, 0.1) is 16.8 Å². The molecule has 0 spiro atoms. The second kappa shape index (κ2) is 8.84. The van der Waals surface area contributed by atoms with Crippen molar-refractivity contribution < 1.29 is 17.6 Å². The summed E-state index contributed by atoms with van der Waals surface area (Å²) in [5, 5.41) is 8.79. The lowest BCUT2D eigenvalue weighted by atomic mass is 9.80. The Morgan fingerprint density at radius 1 is 1.18 bits per heavy atom. The highest BCUT2D eigenvalue weighted by Crippen LogP contribution is 2.38. The van der Waals surface area contributed by atoms with Gasteiger partial charge in [-0.05, 0) is 47.7 Å². The number of rotatable bonds is 5. The van der Waals surface area contributed by atoms with E-state index in [1.807, 2.05) is 12.1 Å². The third kappa shape index (κ3) is 4.97. The zero-order valence-electron chi connectivity index (χ0n) is 18.7. The number of nitrogens with one attached hydrogen (secondary N) is 3. The number of sulfone groups is 1. The van der Waals surface area contributed by atoms with Crippen molar-refractivity contribution in [2.45, 2.75) is 37.0 Å². The van der Waals surface area contributed by atoms with Gasteiger partial charge >= 0.3 is 0 Å². The first-order valence-electron chi connectivity index (χ1n) is 10.4. The number of halogens is 2. The van der Waals surface area contributed by atoms with Crippen LogP contribution in [0.3, 0.4) is 0 Å². The lowest BCUT2D eigenvalue weighted by molar-refractivity contribution is -0.116. The van der Waals surface area contributed by atoms with Gasteiger partial charge in [-0.3, -0.25) is 4.79 Å². The molecule has 1 aliphatic rings. The quantitative estimate of drug-likeness (QED) is 0.440. The molecule has 0 saturated carbocycles. The summed E-state index contributed by atoms with van der Waals surface area (Å²) in [6, 6.07) is 9.27. The maximum absolute atomic E-state index is 14.5. The molecule has 0 saturated heterocycles. The Balaban J connectivity index is 1.66. The van der Waals surface area contributed by atoms with E-state index >= 15 is 0 Å². The Morgan fingerprint density at radius 3 is 2.68 bits per heavy atom. The number of hydrogen-bond donors (Lipinski definition) is 3. The van der Waals surface area contributed by atoms with Crippen LogP contribution in [0.2, 0.25) is 5.02 Å². The van der Waals surface area contributed by atoms with Gasteiger partial charge in [0.25, 0.3) is 0 Å². The fourth-order valence-electron chi connectivity index (χ4n) is 3.76. The monoisotopic (exact) mass is 503 g/mol. The minimum atomic E-state index is -3.71. The molecule has 178 valence electrons. The number of fused-ring (bicyclic) bond motifs is 1. The zero-order chi connectivity index (χ0) is 24.7. The van der Waals surface area contributed by atoms with Crippen LogP contribution in [-0.4, -0.2) is 30.5 Å². The van der Waals surface area contributed by atoms with Gasteiger partial charge in [0.15, 0.2) is 15.7 Å². The van der Waals surface area contributed by atoms with Crippen molar-refractivity contribution in [1.82, 2.24) is 9.97 Å². The number of nitrogens with zero attached hydrogens (tertiary/aromatic N) is 2. The van der Waals surface area contributed by atoms with Crippen LogP contribution in [0.5, 0.6) is 0 Å². The summed E-state index contributed by atoms with van der Waals surface area (Å²) in [7, 11) is -3.71. The molecule has 2 aromatic carbocycles. The van der Waals surface area contributed by atoms with Gasteiger partial charge in [-0.1, -0.05) is 31.5 Å². The highest BCUT2D eigenvalue weighted by atomic mass is 35.5.